The van der Waals surface area contributed by atoms with Gasteiger partial charge in [-0.3, -0.25) is 0 Å². The lowest BCUT2D eigenvalue weighted by Gasteiger charge is -2.16. The van der Waals surface area contributed by atoms with Gasteiger partial charge < -0.3 is 21.6 Å². The van der Waals surface area contributed by atoms with Gasteiger partial charge in [0, 0.05) is 18.2 Å². The smallest absolute Gasteiger partial charge is 0.319 e. The van der Waals surface area contributed by atoms with Crippen LogP contribution < -0.4 is 16.4 Å². The lowest BCUT2D eigenvalue weighted by molar-refractivity contribution is 0.248. The molecule has 1 rings (SSSR count). The monoisotopic (exact) mass is 264 g/mol. The van der Waals surface area contributed by atoms with Crippen molar-refractivity contribution in [2.45, 2.75) is 32.7 Å². The molecular formula is C13H20N4O2. The third-order valence-corrected chi connectivity index (χ3v) is 2.72. The molecule has 0 heterocycles. The van der Waals surface area contributed by atoms with E-state index in [9.17, 15) is 4.79 Å². The molecule has 1 unspecified atom stereocenters. The van der Waals surface area contributed by atoms with E-state index in [-0.39, 0.29) is 17.9 Å². The molecule has 104 valence electrons. The molecule has 5 N–H and O–H groups in total. The van der Waals surface area contributed by atoms with Gasteiger partial charge in [0.05, 0.1) is 0 Å². The molecule has 6 heteroatoms. The molecule has 0 saturated heterocycles. The van der Waals surface area contributed by atoms with Crippen LogP contribution in [0.2, 0.25) is 0 Å². The first-order valence-corrected chi connectivity index (χ1v) is 6.15. The summed E-state index contributed by atoms with van der Waals surface area (Å²) < 4.78 is 0. The highest BCUT2D eigenvalue weighted by Gasteiger charge is 2.12. The molecule has 0 aliphatic carbocycles. The number of amidine groups is 1. The lowest BCUT2D eigenvalue weighted by Crippen LogP contribution is -2.40. The zero-order valence-corrected chi connectivity index (χ0v) is 11.2. The Morgan fingerprint density at radius 2 is 2.05 bits per heavy atom. The Hall–Kier alpha value is -2.24. The number of amides is 2. The molecule has 0 bridgehead atoms. The number of hydrogen-bond donors (Lipinski definition) is 4. The summed E-state index contributed by atoms with van der Waals surface area (Å²) >= 11 is 0. The van der Waals surface area contributed by atoms with Crippen LogP contribution in [0.3, 0.4) is 0 Å². The molecule has 1 atom stereocenters. The summed E-state index contributed by atoms with van der Waals surface area (Å²) in [6, 6.07) is 7.04. The number of carbonyl (C=O) groups is 1. The van der Waals surface area contributed by atoms with Crippen LogP contribution in [0.4, 0.5) is 10.5 Å². The van der Waals surface area contributed by atoms with Crippen molar-refractivity contribution in [1.29, 1.82) is 0 Å². The Morgan fingerprint density at radius 3 is 2.58 bits per heavy atom. The van der Waals surface area contributed by atoms with Crippen molar-refractivity contribution in [2.24, 2.45) is 10.9 Å². The summed E-state index contributed by atoms with van der Waals surface area (Å²) in [5, 5.41) is 16.9. The maximum atomic E-state index is 11.8. The van der Waals surface area contributed by atoms with E-state index >= 15 is 0 Å². The minimum Gasteiger partial charge on any atom is -0.409 e. The van der Waals surface area contributed by atoms with Crippen LogP contribution in [0.25, 0.3) is 0 Å². The third-order valence-electron chi connectivity index (χ3n) is 2.72. The molecule has 0 aliphatic heterocycles. The molecule has 1 aromatic carbocycles. The van der Waals surface area contributed by atoms with Gasteiger partial charge in [0.25, 0.3) is 0 Å². The average molecular weight is 264 g/mol. The van der Waals surface area contributed by atoms with Crippen LogP contribution in [0.5, 0.6) is 0 Å². The van der Waals surface area contributed by atoms with Crippen molar-refractivity contribution < 1.29 is 10.0 Å². The highest BCUT2D eigenvalue weighted by Crippen LogP contribution is 2.08. The minimum atomic E-state index is -0.304. The van der Waals surface area contributed by atoms with Crippen molar-refractivity contribution in [3.63, 3.8) is 0 Å². The van der Waals surface area contributed by atoms with E-state index in [4.69, 9.17) is 10.9 Å². The van der Waals surface area contributed by atoms with Gasteiger partial charge in [0.2, 0.25) is 0 Å². The summed E-state index contributed by atoms with van der Waals surface area (Å²) in [6.07, 6.45) is 1.01. The molecule has 0 fully saturated rings. The molecule has 6 nitrogen and oxygen atoms in total. The van der Waals surface area contributed by atoms with Crippen LogP contribution in [0.1, 0.15) is 25.3 Å². The third kappa shape index (κ3) is 5.29. The first-order valence-electron chi connectivity index (χ1n) is 6.15. The van der Waals surface area contributed by atoms with Crippen molar-refractivity contribution in [2.75, 3.05) is 5.32 Å². The van der Waals surface area contributed by atoms with E-state index in [1.165, 1.54) is 0 Å². The van der Waals surface area contributed by atoms with E-state index in [0.29, 0.717) is 12.8 Å². The molecule has 0 aliphatic rings. The Morgan fingerprint density at radius 1 is 1.42 bits per heavy atom. The van der Waals surface area contributed by atoms with Crippen LogP contribution in [0, 0.1) is 6.92 Å². The standard InChI is InChI=1S/C13H20N4O2/c1-3-10(8-12(14)17-19)15-13(18)16-11-6-4-9(2)5-7-11/h4-7,10,19H,3,8H2,1-2H3,(H2,14,17)(H2,15,16,18). The maximum Gasteiger partial charge on any atom is 0.319 e. The van der Waals surface area contributed by atoms with Crippen LogP contribution in [-0.4, -0.2) is 23.1 Å². The first-order chi connectivity index (χ1) is 9.05. The topological polar surface area (TPSA) is 99.7 Å². The largest absolute Gasteiger partial charge is 0.409 e. The predicted octanol–water partition coefficient (Wildman–Crippen LogP) is 2.03. The number of nitrogens with one attached hydrogen (secondary N) is 2. The molecule has 0 aromatic heterocycles. The van der Waals surface area contributed by atoms with Crippen molar-refractivity contribution in [3.05, 3.63) is 29.8 Å². The molecule has 0 radical (unpaired) electrons. The van der Waals surface area contributed by atoms with Gasteiger partial charge in [0.1, 0.15) is 5.84 Å². The number of hydrogen-bond acceptors (Lipinski definition) is 3. The highest BCUT2D eigenvalue weighted by atomic mass is 16.4. The Labute approximate surface area is 112 Å². The minimum absolute atomic E-state index is 0.0995. The van der Waals surface area contributed by atoms with Gasteiger partial charge >= 0.3 is 6.03 Å². The van der Waals surface area contributed by atoms with Gasteiger partial charge in [-0.15, -0.1) is 0 Å². The van der Waals surface area contributed by atoms with Gasteiger partial charge in [-0.1, -0.05) is 29.8 Å². The number of benzene rings is 1. The van der Waals surface area contributed by atoms with Gasteiger partial charge in [0.15, 0.2) is 0 Å². The summed E-state index contributed by atoms with van der Waals surface area (Å²) in [5.74, 6) is 0.0995. The van der Waals surface area contributed by atoms with Crippen LogP contribution >= 0.6 is 0 Å². The van der Waals surface area contributed by atoms with Gasteiger partial charge in [-0.2, -0.15) is 0 Å². The maximum absolute atomic E-state index is 11.8. The van der Waals surface area contributed by atoms with Crippen molar-refractivity contribution in [1.82, 2.24) is 5.32 Å². The zero-order chi connectivity index (χ0) is 14.3. The van der Waals surface area contributed by atoms with Crippen LogP contribution in [0.15, 0.2) is 29.4 Å². The van der Waals surface area contributed by atoms with E-state index in [0.717, 1.165) is 11.3 Å². The molecule has 19 heavy (non-hydrogen) atoms. The zero-order valence-electron chi connectivity index (χ0n) is 11.2. The van der Waals surface area contributed by atoms with E-state index in [1.807, 2.05) is 38.1 Å². The van der Waals surface area contributed by atoms with Crippen molar-refractivity contribution in [3.8, 4) is 0 Å². The first kappa shape index (κ1) is 14.8. The lowest BCUT2D eigenvalue weighted by atomic mass is 10.1. The normalized spacial score (nSPS) is 12.8. The number of oxime groups is 1. The van der Waals surface area contributed by atoms with Gasteiger partial charge in [-0.05, 0) is 25.5 Å². The number of nitrogens with zero attached hydrogens (tertiary/aromatic N) is 1. The Bertz CT molecular complexity index is 442. The number of aryl methyl sites for hydroxylation is 1. The Kier molecular flexibility index (Phi) is 5.66. The second-order valence-corrected chi connectivity index (χ2v) is 4.37. The SMILES string of the molecule is CCC(CC(N)=NO)NC(=O)Nc1ccc(C)cc1. The second kappa shape index (κ2) is 7.25. The summed E-state index contributed by atoms with van der Waals surface area (Å²) in [6.45, 7) is 3.90. The fourth-order valence-corrected chi connectivity index (χ4v) is 1.58. The quantitative estimate of drug-likeness (QED) is 0.283. The summed E-state index contributed by atoms with van der Waals surface area (Å²) in [4.78, 5) is 11.8. The number of nitrogens with two attached hydrogens (primary N) is 1. The van der Waals surface area contributed by atoms with Gasteiger partial charge in [-0.25, -0.2) is 4.79 Å². The van der Waals surface area contributed by atoms with Crippen molar-refractivity contribution >= 4 is 17.6 Å². The molecule has 1 aromatic rings. The van der Waals surface area contributed by atoms with E-state index < -0.39 is 0 Å². The highest BCUT2D eigenvalue weighted by molar-refractivity contribution is 5.90. The number of anilines is 1. The second-order valence-electron chi connectivity index (χ2n) is 4.37. The fourth-order valence-electron chi connectivity index (χ4n) is 1.58. The summed E-state index contributed by atoms with van der Waals surface area (Å²) in [7, 11) is 0. The summed E-state index contributed by atoms with van der Waals surface area (Å²) in [5.41, 5.74) is 7.28. The predicted molar refractivity (Wildman–Crippen MR) is 75.4 cm³/mol. The van der Waals surface area contributed by atoms with Crippen LogP contribution in [-0.2, 0) is 0 Å². The van der Waals surface area contributed by atoms with E-state index in [1.54, 1.807) is 0 Å². The number of urea groups is 1. The molecule has 0 saturated carbocycles. The average Bonchev–Trinajstić information content (AvgIpc) is 2.40. The van der Waals surface area contributed by atoms with E-state index in [2.05, 4.69) is 15.8 Å². The molecular weight excluding hydrogens is 244 g/mol. The number of rotatable bonds is 5. The molecule has 2 amide bonds. The molecule has 0 spiro atoms. The Balaban J connectivity index is 2.51. The fraction of sp³-hybridized carbons (Fsp3) is 0.385. The number of carbonyl (C=O) groups excluding carboxylic acids is 1.